The molecule has 1 saturated heterocycles. The molecule has 1 aliphatic rings. The number of piperazine rings is 1. The van der Waals surface area contributed by atoms with E-state index in [9.17, 15) is 13.2 Å². The van der Waals surface area contributed by atoms with Crippen molar-refractivity contribution < 1.29 is 23.1 Å². The van der Waals surface area contributed by atoms with Crippen LogP contribution in [-0.2, 0) is 14.8 Å². The summed E-state index contributed by atoms with van der Waals surface area (Å²) < 4.78 is 32.0. The molecule has 0 aliphatic carbocycles. The summed E-state index contributed by atoms with van der Waals surface area (Å²) >= 11 is 6.03. The average Bonchev–Trinajstić information content (AvgIpc) is 2.59. The summed E-state index contributed by atoms with van der Waals surface area (Å²) in [5.74, 6) is -0.989. The molecule has 1 aliphatic heterocycles. The summed E-state index contributed by atoms with van der Waals surface area (Å²) in [7, 11) is -3.64. The SMILES string of the molecule is CCC(C)N1CCN(S(=O)(=O)c2ccc(OCC(=O)O)c(Cl)c2)CC1. The van der Waals surface area contributed by atoms with Gasteiger partial charge in [-0.1, -0.05) is 18.5 Å². The number of carboxylic acids is 1. The van der Waals surface area contributed by atoms with Gasteiger partial charge in [0.15, 0.2) is 6.61 Å². The van der Waals surface area contributed by atoms with E-state index in [1.54, 1.807) is 0 Å². The van der Waals surface area contributed by atoms with Crippen molar-refractivity contribution in [2.45, 2.75) is 31.2 Å². The first-order valence-electron chi connectivity index (χ1n) is 8.14. The van der Waals surface area contributed by atoms with Crippen molar-refractivity contribution in [2.24, 2.45) is 0 Å². The third-order valence-corrected chi connectivity index (χ3v) is 6.57. The van der Waals surface area contributed by atoms with Crippen LogP contribution in [0.2, 0.25) is 5.02 Å². The lowest BCUT2D eigenvalue weighted by Crippen LogP contribution is -2.51. The molecule has 1 unspecified atom stereocenters. The predicted octanol–water partition coefficient (Wildman–Crippen LogP) is 1.91. The first kappa shape index (κ1) is 20.0. The number of halogens is 1. The number of nitrogens with zero attached hydrogens (tertiary/aromatic N) is 2. The Hall–Kier alpha value is -1.35. The molecule has 25 heavy (non-hydrogen) atoms. The molecule has 1 aromatic carbocycles. The van der Waals surface area contributed by atoms with Crippen LogP contribution in [0.3, 0.4) is 0 Å². The van der Waals surface area contributed by atoms with Crippen LogP contribution < -0.4 is 4.74 Å². The van der Waals surface area contributed by atoms with Crippen LogP contribution in [-0.4, -0.2) is 67.5 Å². The summed E-state index contributed by atoms with van der Waals surface area (Å²) in [5, 5.41) is 8.69. The number of rotatable bonds is 7. The monoisotopic (exact) mass is 390 g/mol. The van der Waals surface area contributed by atoms with Gasteiger partial charge in [-0.05, 0) is 31.5 Å². The van der Waals surface area contributed by atoms with E-state index in [4.69, 9.17) is 21.4 Å². The third kappa shape index (κ3) is 4.84. The molecule has 1 N–H and O–H groups in total. The van der Waals surface area contributed by atoms with Crippen LogP contribution in [0, 0.1) is 0 Å². The van der Waals surface area contributed by atoms with Gasteiger partial charge in [-0.25, -0.2) is 13.2 Å². The number of ether oxygens (including phenoxy) is 1. The molecule has 0 saturated carbocycles. The van der Waals surface area contributed by atoms with E-state index < -0.39 is 22.6 Å². The highest BCUT2D eigenvalue weighted by Gasteiger charge is 2.30. The molecule has 1 heterocycles. The van der Waals surface area contributed by atoms with E-state index in [0.717, 1.165) is 6.42 Å². The van der Waals surface area contributed by atoms with Gasteiger partial charge in [0.05, 0.1) is 9.92 Å². The van der Waals surface area contributed by atoms with E-state index in [-0.39, 0.29) is 15.7 Å². The second-order valence-electron chi connectivity index (χ2n) is 5.97. The summed E-state index contributed by atoms with van der Waals surface area (Å²) in [4.78, 5) is 12.9. The highest BCUT2D eigenvalue weighted by Crippen LogP contribution is 2.29. The molecule has 0 bridgehead atoms. The van der Waals surface area contributed by atoms with E-state index in [1.807, 2.05) is 0 Å². The van der Waals surface area contributed by atoms with Gasteiger partial charge in [0, 0.05) is 32.2 Å². The molecule has 7 nitrogen and oxygen atoms in total. The zero-order valence-corrected chi connectivity index (χ0v) is 15.9. The zero-order valence-electron chi connectivity index (χ0n) is 14.3. The average molecular weight is 391 g/mol. The van der Waals surface area contributed by atoms with Crippen LogP contribution >= 0.6 is 11.6 Å². The Balaban J connectivity index is 2.10. The van der Waals surface area contributed by atoms with Crippen molar-refractivity contribution in [3.63, 3.8) is 0 Å². The molecule has 1 fully saturated rings. The van der Waals surface area contributed by atoms with Gasteiger partial charge < -0.3 is 9.84 Å². The summed E-state index contributed by atoms with van der Waals surface area (Å²) in [5.41, 5.74) is 0. The number of hydrogen-bond donors (Lipinski definition) is 1. The van der Waals surface area contributed by atoms with Crippen LogP contribution in [0.1, 0.15) is 20.3 Å². The minimum absolute atomic E-state index is 0.0700. The number of benzene rings is 1. The minimum Gasteiger partial charge on any atom is -0.480 e. The number of carboxylic acid groups (broad SMARTS) is 1. The van der Waals surface area contributed by atoms with Crippen LogP contribution in [0.15, 0.2) is 23.1 Å². The van der Waals surface area contributed by atoms with Crippen molar-refractivity contribution in [3.8, 4) is 5.75 Å². The van der Waals surface area contributed by atoms with Crippen molar-refractivity contribution in [1.82, 2.24) is 9.21 Å². The summed E-state index contributed by atoms with van der Waals surface area (Å²) in [6.07, 6.45) is 1.03. The molecule has 1 atom stereocenters. The lowest BCUT2D eigenvalue weighted by atomic mass is 10.2. The van der Waals surface area contributed by atoms with E-state index in [2.05, 4.69) is 18.7 Å². The zero-order chi connectivity index (χ0) is 18.6. The lowest BCUT2D eigenvalue weighted by molar-refractivity contribution is -0.139. The topological polar surface area (TPSA) is 87.2 Å². The fourth-order valence-electron chi connectivity index (χ4n) is 2.69. The first-order valence-corrected chi connectivity index (χ1v) is 9.95. The summed E-state index contributed by atoms with van der Waals surface area (Å²) in [6, 6.07) is 4.51. The second kappa shape index (κ2) is 8.35. The Morgan fingerprint density at radius 2 is 1.96 bits per heavy atom. The maximum absolute atomic E-state index is 12.8. The molecular weight excluding hydrogens is 368 g/mol. The second-order valence-corrected chi connectivity index (χ2v) is 8.32. The highest BCUT2D eigenvalue weighted by atomic mass is 35.5. The molecule has 9 heteroatoms. The van der Waals surface area contributed by atoms with Crippen molar-refractivity contribution >= 4 is 27.6 Å². The quantitative estimate of drug-likeness (QED) is 0.765. The fourth-order valence-corrected chi connectivity index (χ4v) is 4.44. The van der Waals surface area contributed by atoms with Gasteiger partial charge in [-0.3, -0.25) is 4.90 Å². The molecule has 0 radical (unpaired) electrons. The normalized spacial score (nSPS) is 18.0. The number of sulfonamides is 1. The van der Waals surface area contributed by atoms with Crippen molar-refractivity contribution in [1.29, 1.82) is 0 Å². The van der Waals surface area contributed by atoms with Crippen LogP contribution in [0.25, 0.3) is 0 Å². The molecule has 140 valence electrons. The third-order valence-electron chi connectivity index (χ3n) is 4.38. The number of aliphatic carboxylic acids is 1. The van der Waals surface area contributed by atoms with E-state index >= 15 is 0 Å². The van der Waals surface area contributed by atoms with Gasteiger partial charge >= 0.3 is 5.97 Å². The predicted molar refractivity (Wildman–Crippen MR) is 94.7 cm³/mol. The van der Waals surface area contributed by atoms with Crippen LogP contribution in [0.5, 0.6) is 5.75 Å². The van der Waals surface area contributed by atoms with Gasteiger partial charge in [0.25, 0.3) is 0 Å². The lowest BCUT2D eigenvalue weighted by Gasteiger charge is -2.37. The van der Waals surface area contributed by atoms with E-state index in [0.29, 0.717) is 32.2 Å². The Morgan fingerprint density at radius 1 is 1.32 bits per heavy atom. The summed E-state index contributed by atoms with van der Waals surface area (Å²) in [6.45, 7) is 5.97. The van der Waals surface area contributed by atoms with Crippen LogP contribution in [0.4, 0.5) is 0 Å². The van der Waals surface area contributed by atoms with Gasteiger partial charge in [-0.2, -0.15) is 4.31 Å². The molecule has 0 amide bonds. The molecular formula is C16H23ClN2O5S. The molecule has 2 rings (SSSR count). The van der Waals surface area contributed by atoms with Gasteiger partial charge in [0.1, 0.15) is 5.75 Å². The van der Waals surface area contributed by atoms with Crippen molar-refractivity contribution in [2.75, 3.05) is 32.8 Å². The Bertz CT molecular complexity index is 717. The minimum atomic E-state index is -3.64. The number of carbonyl (C=O) groups is 1. The first-order chi connectivity index (χ1) is 11.8. The Kier molecular flexibility index (Phi) is 6.67. The highest BCUT2D eigenvalue weighted by molar-refractivity contribution is 7.89. The fraction of sp³-hybridized carbons (Fsp3) is 0.562. The standard InChI is InChI=1S/C16H23ClN2O5S/c1-3-12(2)18-6-8-19(9-7-18)25(22,23)13-4-5-15(14(17)10-13)24-11-16(20)21/h4-5,10,12H,3,6-9,11H2,1-2H3,(H,20,21). The maximum atomic E-state index is 12.8. The molecule has 1 aromatic rings. The van der Waals surface area contributed by atoms with Gasteiger partial charge in [0.2, 0.25) is 10.0 Å². The molecule has 0 aromatic heterocycles. The Labute approximate surface area is 153 Å². The largest absolute Gasteiger partial charge is 0.480 e. The molecule has 0 spiro atoms. The Morgan fingerprint density at radius 3 is 2.48 bits per heavy atom. The smallest absolute Gasteiger partial charge is 0.341 e. The number of hydrogen-bond acceptors (Lipinski definition) is 5. The maximum Gasteiger partial charge on any atom is 0.341 e. The van der Waals surface area contributed by atoms with Crippen molar-refractivity contribution in [3.05, 3.63) is 23.2 Å². The van der Waals surface area contributed by atoms with E-state index in [1.165, 1.54) is 22.5 Å². The van der Waals surface area contributed by atoms with Gasteiger partial charge in [-0.15, -0.1) is 0 Å².